The molecule has 0 aliphatic rings. The van der Waals surface area contributed by atoms with Gasteiger partial charge in [-0.3, -0.25) is 10.1 Å². The molecule has 20 heavy (non-hydrogen) atoms. The number of hydrogen-bond donors (Lipinski definition) is 2. The lowest BCUT2D eigenvalue weighted by molar-refractivity contribution is -0.383. The fraction of sp³-hybridized carbons (Fsp3) is 0. The number of aromatic nitrogens is 2. The zero-order chi connectivity index (χ0) is 14.7. The van der Waals surface area contributed by atoms with Crippen LogP contribution in [0.4, 0.5) is 23.0 Å². The van der Waals surface area contributed by atoms with Crippen molar-refractivity contribution < 1.29 is 4.92 Å². The van der Waals surface area contributed by atoms with E-state index in [1.807, 2.05) is 6.07 Å². The van der Waals surface area contributed by atoms with E-state index in [2.05, 4.69) is 31.2 Å². The summed E-state index contributed by atoms with van der Waals surface area (Å²) in [6.45, 7) is 0. The first-order valence-electron chi connectivity index (χ1n) is 5.24. The summed E-state index contributed by atoms with van der Waals surface area (Å²) in [5.74, 6) is -0.245. The van der Waals surface area contributed by atoms with Crippen molar-refractivity contribution in [3.63, 3.8) is 0 Å². The maximum Gasteiger partial charge on any atom is 0.353 e. The molecule has 1 aromatic heterocycles. The minimum atomic E-state index is -0.658. The minimum Gasteiger partial charge on any atom is -0.378 e. The van der Waals surface area contributed by atoms with Crippen molar-refractivity contribution >= 4 is 38.9 Å². The van der Waals surface area contributed by atoms with Gasteiger partial charge in [0.1, 0.15) is 6.33 Å². The molecule has 1 heterocycles. The van der Waals surface area contributed by atoms with Gasteiger partial charge in [0, 0.05) is 4.47 Å². The van der Waals surface area contributed by atoms with Crippen LogP contribution in [0, 0.1) is 21.4 Å². The van der Waals surface area contributed by atoms with E-state index >= 15 is 0 Å². The predicted molar refractivity (Wildman–Crippen MR) is 75.2 cm³/mol. The van der Waals surface area contributed by atoms with Crippen LogP contribution in [0.15, 0.2) is 29.0 Å². The van der Waals surface area contributed by atoms with Gasteiger partial charge in [-0.2, -0.15) is 5.26 Å². The molecule has 0 bridgehead atoms. The number of nitrogen functional groups attached to an aromatic ring is 1. The SMILES string of the molecule is N#Cc1ccc(Nc2ncnc(N)c2[N+](=O)[O-])c(Br)c1. The van der Waals surface area contributed by atoms with E-state index in [1.54, 1.807) is 18.2 Å². The highest BCUT2D eigenvalue weighted by Gasteiger charge is 2.21. The highest BCUT2D eigenvalue weighted by molar-refractivity contribution is 9.10. The molecular weight excluding hydrogens is 328 g/mol. The molecule has 0 aliphatic heterocycles. The Hall–Kier alpha value is -2.73. The summed E-state index contributed by atoms with van der Waals surface area (Å²) in [6, 6.07) is 6.74. The van der Waals surface area contributed by atoms with E-state index in [9.17, 15) is 10.1 Å². The van der Waals surface area contributed by atoms with E-state index in [4.69, 9.17) is 11.0 Å². The van der Waals surface area contributed by atoms with Crippen molar-refractivity contribution in [1.29, 1.82) is 5.26 Å². The van der Waals surface area contributed by atoms with Crippen LogP contribution >= 0.6 is 15.9 Å². The Morgan fingerprint density at radius 1 is 1.45 bits per heavy atom. The number of nitrogens with zero attached hydrogens (tertiary/aromatic N) is 4. The molecule has 0 radical (unpaired) electrons. The third-order valence-electron chi connectivity index (χ3n) is 2.38. The topological polar surface area (TPSA) is 131 Å². The van der Waals surface area contributed by atoms with Gasteiger partial charge in [-0.05, 0) is 34.1 Å². The molecule has 0 atom stereocenters. The van der Waals surface area contributed by atoms with Gasteiger partial charge in [0.15, 0.2) is 0 Å². The average molecular weight is 335 g/mol. The van der Waals surface area contributed by atoms with Crippen LogP contribution in [-0.2, 0) is 0 Å². The molecule has 100 valence electrons. The van der Waals surface area contributed by atoms with E-state index in [1.165, 1.54) is 0 Å². The van der Waals surface area contributed by atoms with Crippen LogP contribution in [0.25, 0.3) is 0 Å². The molecule has 3 N–H and O–H groups in total. The third-order valence-corrected chi connectivity index (χ3v) is 3.04. The van der Waals surface area contributed by atoms with Gasteiger partial charge in [-0.15, -0.1) is 0 Å². The fourth-order valence-corrected chi connectivity index (χ4v) is 1.96. The number of nitriles is 1. The first kappa shape index (κ1) is 13.7. The monoisotopic (exact) mass is 334 g/mol. The van der Waals surface area contributed by atoms with Crippen LogP contribution in [0.5, 0.6) is 0 Å². The molecule has 9 heteroatoms. The first-order chi connectivity index (χ1) is 9.52. The predicted octanol–water partition coefficient (Wildman–Crippen LogP) is 2.34. The Bertz CT molecular complexity index is 727. The van der Waals surface area contributed by atoms with Crippen molar-refractivity contribution in [1.82, 2.24) is 9.97 Å². The molecule has 1 aromatic carbocycles. The van der Waals surface area contributed by atoms with E-state index in [0.29, 0.717) is 15.7 Å². The molecule has 0 saturated heterocycles. The van der Waals surface area contributed by atoms with E-state index in [-0.39, 0.29) is 11.6 Å². The number of rotatable bonds is 3. The van der Waals surface area contributed by atoms with Crippen LogP contribution in [0.1, 0.15) is 5.56 Å². The first-order valence-corrected chi connectivity index (χ1v) is 6.03. The maximum absolute atomic E-state index is 11.0. The third kappa shape index (κ3) is 2.65. The molecule has 0 amide bonds. The average Bonchev–Trinajstić information content (AvgIpc) is 2.40. The Morgan fingerprint density at radius 3 is 2.80 bits per heavy atom. The molecule has 0 saturated carbocycles. The standard InChI is InChI=1S/C11H7BrN6O2/c12-7-3-6(4-13)1-2-8(7)17-11-9(18(19)20)10(14)15-5-16-11/h1-3,5H,(H3,14,15,16,17). The molecular formula is C11H7BrN6O2. The van der Waals surface area contributed by atoms with Crippen molar-refractivity contribution in [3.8, 4) is 6.07 Å². The minimum absolute atomic E-state index is 0.0205. The molecule has 8 nitrogen and oxygen atoms in total. The summed E-state index contributed by atoms with van der Waals surface area (Å²) in [7, 11) is 0. The lowest BCUT2D eigenvalue weighted by Crippen LogP contribution is -2.05. The Labute approximate surface area is 121 Å². The Balaban J connectivity index is 2.43. The lowest BCUT2D eigenvalue weighted by atomic mass is 10.2. The number of halogens is 1. The highest BCUT2D eigenvalue weighted by Crippen LogP contribution is 2.32. The molecule has 2 aromatic rings. The quantitative estimate of drug-likeness (QED) is 0.650. The van der Waals surface area contributed by atoms with Crippen LogP contribution in [0.2, 0.25) is 0 Å². The molecule has 2 rings (SSSR count). The second-order valence-corrected chi connectivity index (χ2v) is 4.50. The molecule has 0 fully saturated rings. The van der Waals surface area contributed by atoms with Crippen molar-refractivity contribution in [3.05, 3.63) is 44.7 Å². The van der Waals surface area contributed by atoms with Gasteiger partial charge in [-0.25, -0.2) is 9.97 Å². The van der Waals surface area contributed by atoms with Crippen molar-refractivity contribution in [2.75, 3.05) is 11.1 Å². The Morgan fingerprint density at radius 2 is 2.20 bits per heavy atom. The lowest BCUT2D eigenvalue weighted by Gasteiger charge is -2.08. The van der Waals surface area contributed by atoms with Crippen LogP contribution in [0.3, 0.4) is 0 Å². The zero-order valence-electron chi connectivity index (χ0n) is 9.87. The largest absolute Gasteiger partial charge is 0.378 e. The number of hydrogen-bond acceptors (Lipinski definition) is 7. The second-order valence-electron chi connectivity index (χ2n) is 3.64. The fourth-order valence-electron chi connectivity index (χ4n) is 1.48. The Kier molecular flexibility index (Phi) is 3.76. The molecule has 0 spiro atoms. The number of nitrogens with two attached hydrogens (primary N) is 1. The normalized spacial score (nSPS) is 9.80. The van der Waals surface area contributed by atoms with Gasteiger partial charge in [0.05, 0.1) is 22.2 Å². The van der Waals surface area contributed by atoms with Crippen molar-refractivity contribution in [2.45, 2.75) is 0 Å². The maximum atomic E-state index is 11.0. The van der Waals surface area contributed by atoms with E-state index < -0.39 is 10.6 Å². The summed E-state index contributed by atoms with van der Waals surface area (Å²) in [6.07, 6.45) is 1.13. The van der Waals surface area contributed by atoms with Gasteiger partial charge < -0.3 is 11.1 Å². The van der Waals surface area contributed by atoms with E-state index in [0.717, 1.165) is 6.33 Å². The summed E-state index contributed by atoms with van der Waals surface area (Å²) < 4.78 is 0.572. The zero-order valence-corrected chi connectivity index (χ0v) is 11.5. The van der Waals surface area contributed by atoms with Crippen LogP contribution in [-0.4, -0.2) is 14.9 Å². The summed E-state index contributed by atoms with van der Waals surface area (Å²) >= 11 is 3.27. The number of benzene rings is 1. The summed E-state index contributed by atoms with van der Waals surface area (Å²) in [5, 5.41) is 22.5. The number of nitro groups is 1. The molecule has 0 unspecified atom stereocenters. The van der Waals surface area contributed by atoms with Gasteiger partial charge in [0.25, 0.3) is 0 Å². The summed E-state index contributed by atoms with van der Waals surface area (Å²) in [5.41, 5.74) is 6.05. The van der Waals surface area contributed by atoms with Gasteiger partial charge in [-0.1, -0.05) is 0 Å². The number of anilines is 3. The van der Waals surface area contributed by atoms with Crippen molar-refractivity contribution in [2.24, 2.45) is 0 Å². The van der Waals surface area contributed by atoms with Crippen LogP contribution < -0.4 is 11.1 Å². The van der Waals surface area contributed by atoms with Gasteiger partial charge >= 0.3 is 5.69 Å². The van der Waals surface area contributed by atoms with Gasteiger partial charge in [0.2, 0.25) is 11.6 Å². The smallest absolute Gasteiger partial charge is 0.353 e. The second kappa shape index (κ2) is 5.50. The number of nitrogens with one attached hydrogen (secondary N) is 1. The highest BCUT2D eigenvalue weighted by atomic mass is 79.9. The molecule has 0 aliphatic carbocycles. The summed E-state index contributed by atoms with van der Waals surface area (Å²) in [4.78, 5) is 17.7.